The Morgan fingerprint density at radius 3 is 2.64 bits per heavy atom. The summed E-state index contributed by atoms with van der Waals surface area (Å²) in [4.78, 5) is 11.0. The molecular formula is C9H19NO4. The number of nitrogens with one attached hydrogen (secondary N) is 1. The van der Waals surface area contributed by atoms with Gasteiger partial charge < -0.3 is 19.9 Å². The van der Waals surface area contributed by atoms with Crippen LogP contribution in [0.25, 0.3) is 0 Å². The van der Waals surface area contributed by atoms with Crippen LogP contribution >= 0.6 is 0 Å². The van der Waals surface area contributed by atoms with E-state index in [4.69, 9.17) is 4.74 Å². The van der Waals surface area contributed by atoms with Crippen molar-refractivity contribution in [3.05, 3.63) is 0 Å². The summed E-state index contributed by atoms with van der Waals surface area (Å²) in [6.45, 7) is 2.96. The second-order valence-corrected chi connectivity index (χ2v) is 3.29. The number of methoxy groups -OCH3 is 2. The molecular weight excluding hydrogens is 186 g/mol. The average Bonchev–Trinajstić information content (AvgIpc) is 2.16. The van der Waals surface area contributed by atoms with Gasteiger partial charge in [-0.05, 0) is 19.9 Å². The van der Waals surface area contributed by atoms with Gasteiger partial charge in [0.2, 0.25) is 0 Å². The Morgan fingerprint density at radius 1 is 1.50 bits per heavy atom. The maximum Gasteiger partial charge on any atom is 0.338 e. The van der Waals surface area contributed by atoms with E-state index in [0.717, 1.165) is 6.42 Å². The monoisotopic (exact) mass is 205 g/mol. The van der Waals surface area contributed by atoms with Crippen molar-refractivity contribution in [3.8, 4) is 0 Å². The summed E-state index contributed by atoms with van der Waals surface area (Å²) in [5, 5.41) is 12.5. The van der Waals surface area contributed by atoms with Gasteiger partial charge in [-0.2, -0.15) is 0 Å². The minimum Gasteiger partial charge on any atom is -0.467 e. The molecule has 0 aliphatic rings. The number of aliphatic hydroxyl groups is 1. The molecule has 1 atom stereocenters. The number of ether oxygens (including phenoxy) is 2. The number of rotatable bonds is 7. The number of esters is 1. The van der Waals surface area contributed by atoms with E-state index >= 15 is 0 Å². The van der Waals surface area contributed by atoms with Gasteiger partial charge in [-0.25, -0.2) is 4.79 Å². The topological polar surface area (TPSA) is 67.8 Å². The minimum absolute atomic E-state index is 0.184. The molecule has 0 aromatic carbocycles. The third-order valence-corrected chi connectivity index (χ3v) is 1.80. The van der Waals surface area contributed by atoms with Gasteiger partial charge in [0.05, 0.1) is 7.11 Å². The highest BCUT2D eigenvalue weighted by atomic mass is 16.5. The van der Waals surface area contributed by atoms with E-state index in [1.165, 1.54) is 14.0 Å². The van der Waals surface area contributed by atoms with Gasteiger partial charge in [-0.15, -0.1) is 0 Å². The molecule has 0 fully saturated rings. The van der Waals surface area contributed by atoms with Gasteiger partial charge in [0.15, 0.2) is 5.60 Å². The van der Waals surface area contributed by atoms with E-state index < -0.39 is 11.6 Å². The van der Waals surface area contributed by atoms with Crippen molar-refractivity contribution < 1.29 is 19.4 Å². The van der Waals surface area contributed by atoms with E-state index in [-0.39, 0.29) is 6.54 Å². The number of carbonyl (C=O) groups excluding carboxylic acids is 1. The van der Waals surface area contributed by atoms with Crippen LogP contribution in [-0.4, -0.2) is 50.6 Å². The lowest BCUT2D eigenvalue weighted by atomic mass is 10.1. The summed E-state index contributed by atoms with van der Waals surface area (Å²) >= 11 is 0. The smallest absolute Gasteiger partial charge is 0.338 e. The number of hydrogen-bond acceptors (Lipinski definition) is 5. The van der Waals surface area contributed by atoms with Gasteiger partial charge in [-0.3, -0.25) is 0 Å². The summed E-state index contributed by atoms with van der Waals surface area (Å²) in [7, 11) is 2.88. The average molecular weight is 205 g/mol. The van der Waals surface area contributed by atoms with Crippen LogP contribution < -0.4 is 5.32 Å². The van der Waals surface area contributed by atoms with E-state index in [9.17, 15) is 9.90 Å². The summed E-state index contributed by atoms with van der Waals surface area (Å²) < 4.78 is 9.29. The molecule has 0 aromatic rings. The van der Waals surface area contributed by atoms with Crippen molar-refractivity contribution >= 4 is 5.97 Å². The van der Waals surface area contributed by atoms with E-state index in [2.05, 4.69) is 10.1 Å². The zero-order valence-electron chi connectivity index (χ0n) is 9.00. The van der Waals surface area contributed by atoms with Crippen molar-refractivity contribution in [3.63, 3.8) is 0 Å². The molecule has 0 aromatic heterocycles. The van der Waals surface area contributed by atoms with Crippen molar-refractivity contribution in [2.75, 3.05) is 33.9 Å². The Labute approximate surface area is 84.4 Å². The van der Waals surface area contributed by atoms with Crippen LogP contribution in [0.15, 0.2) is 0 Å². The predicted octanol–water partition coefficient (Wildman–Crippen LogP) is -0.463. The molecule has 2 N–H and O–H groups in total. The van der Waals surface area contributed by atoms with Crippen molar-refractivity contribution in [2.24, 2.45) is 0 Å². The third-order valence-electron chi connectivity index (χ3n) is 1.80. The molecule has 84 valence electrons. The zero-order valence-corrected chi connectivity index (χ0v) is 9.00. The van der Waals surface area contributed by atoms with Gasteiger partial charge >= 0.3 is 5.97 Å². The molecule has 0 saturated heterocycles. The van der Waals surface area contributed by atoms with Crippen molar-refractivity contribution in [1.82, 2.24) is 5.32 Å². The molecule has 14 heavy (non-hydrogen) atoms. The van der Waals surface area contributed by atoms with E-state index in [0.29, 0.717) is 13.2 Å². The fourth-order valence-corrected chi connectivity index (χ4v) is 0.965. The highest BCUT2D eigenvalue weighted by Gasteiger charge is 2.30. The molecule has 0 rings (SSSR count). The first-order valence-corrected chi connectivity index (χ1v) is 4.55. The second kappa shape index (κ2) is 6.75. The van der Waals surface area contributed by atoms with Crippen LogP contribution in [0, 0.1) is 0 Å². The Hall–Kier alpha value is -0.650. The van der Waals surface area contributed by atoms with Crippen LogP contribution in [0.2, 0.25) is 0 Å². The van der Waals surface area contributed by atoms with Crippen molar-refractivity contribution in [2.45, 2.75) is 18.9 Å². The molecule has 1 unspecified atom stereocenters. The molecule has 0 spiro atoms. The van der Waals surface area contributed by atoms with Gasteiger partial charge in [0.1, 0.15) is 0 Å². The summed E-state index contributed by atoms with van der Waals surface area (Å²) in [5.41, 5.74) is -1.46. The predicted molar refractivity (Wildman–Crippen MR) is 52.0 cm³/mol. The van der Waals surface area contributed by atoms with Crippen molar-refractivity contribution in [1.29, 1.82) is 0 Å². The van der Waals surface area contributed by atoms with Crippen LogP contribution in [0.1, 0.15) is 13.3 Å². The lowest BCUT2D eigenvalue weighted by Crippen LogP contribution is -2.45. The molecule has 0 heterocycles. The van der Waals surface area contributed by atoms with Crippen LogP contribution in [0.4, 0.5) is 0 Å². The maximum absolute atomic E-state index is 11.0. The normalized spacial score (nSPS) is 14.9. The maximum atomic E-state index is 11.0. The molecule has 0 amide bonds. The molecule has 5 nitrogen and oxygen atoms in total. The second-order valence-electron chi connectivity index (χ2n) is 3.29. The quantitative estimate of drug-likeness (QED) is 0.435. The molecule has 0 radical (unpaired) electrons. The first-order chi connectivity index (χ1) is 6.54. The summed E-state index contributed by atoms with van der Waals surface area (Å²) in [6.07, 6.45) is 0.841. The highest BCUT2D eigenvalue weighted by Crippen LogP contribution is 2.03. The number of carbonyl (C=O) groups is 1. The van der Waals surface area contributed by atoms with Gasteiger partial charge in [0, 0.05) is 20.3 Å². The SMILES string of the molecule is COCCCNCC(C)(O)C(=O)OC. The van der Waals surface area contributed by atoms with Gasteiger partial charge in [-0.1, -0.05) is 0 Å². The molecule has 0 aliphatic carbocycles. The fourth-order valence-electron chi connectivity index (χ4n) is 0.965. The van der Waals surface area contributed by atoms with E-state index in [1.54, 1.807) is 7.11 Å². The Morgan fingerprint density at radius 2 is 2.14 bits per heavy atom. The van der Waals surface area contributed by atoms with Gasteiger partial charge in [0.25, 0.3) is 0 Å². The van der Waals surface area contributed by atoms with Crippen LogP contribution in [0.5, 0.6) is 0 Å². The molecule has 0 aliphatic heterocycles. The lowest BCUT2D eigenvalue weighted by Gasteiger charge is -2.20. The molecule has 0 bridgehead atoms. The molecule has 0 saturated carbocycles. The Balaban J connectivity index is 3.60. The minimum atomic E-state index is -1.46. The summed E-state index contributed by atoms with van der Waals surface area (Å²) in [6, 6.07) is 0. The van der Waals surface area contributed by atoms with Crippen LogP contribution in [0.3, 0.4) is 0 Å². The zero-order chi connectivity index (χ0) is 11.0. The standard InChI is InChI=1S/C9H19NO4/c1-9(12,8(11)14-3)7-10-5-4-6-13-2/h10,12H,4-7H2,1-3H3. The fraction of sp³-hybridized carbons (Fsp3) is 0.889. The lowest BCUT2D eigenvalue weighted by molar-refractivity contribution is -0.159. The third kappa shape index (κ3) is 5.16. The first kappa shape index (κ1) is 13.4. The highest BCUT2D eigenvalue weighted by molar-refractivity contribution is 5.78. The Bertz CT molecular complexity index is 170. The van der Waals surface area contributed by atoms with Crippen LogP contribution in [-0.2, 0) is 14.3 Å². The first-order valence-electron chi connectivity index (χ1n) is 4.55. The molecule has 5 heteroatoms. The van der Waals surface area contributed by atoms with E-state index in [1.807, 2.05) is 0 Å². The summed E-state index contributed by atoms with van der Waals surface area (Å²) in [5.74, 6) is -0.628. The Kier molecular flexibility index (Phi) is 6.44. The largest absolute Gasteiger partial charge is 0.467 e. The number of hydrogen-bond donors (Lipinski definition) is 2.